The van der Waals surface area contributed by atoms with E-state index in [4.69, 9.17) is 4.98 Å². The molecule has 1 fully saturated rings. The van der Waals surface area contributed by atoms with Gasteiger partial charge in [-0.25, -0.2) is 4.79 Å². The predicted octanol–water partition coefficient (Wildman–Crippen LogP) is 7.11. The van der Waals surface area contributed by atoms with Crippen molar-refractivity contribution in [2.75, 3.05) is 24.5 Å². The number of hydrogen-bond donors (Lipinski definition) is 1. The molecule has 1 aliphatic rings. The van der Waals surface area contributed by atoms with E-state index in [-0.39, 0.29) is 11.5 Å². The summed E-state index contributed by atoms with van der Waals surface area (Å²) in [7, 11) is 0. The van der Waals surface area contributed by atoms with Crippen LogP contribution in [0.3, 0.4) is 0 Å². The van der Waals surface area contributed by atoms with Crippen LogP contribution in [0.1, 0.15) is 52.5 Å². The van der Waals surface area contributed by atoms with E-state index in [1.165, 1.54) is 10.5 Å². The fourth-order valence-electron chi connectivity index (χ4n) is 4.68. The Balaban J connectivity index is 1.66. The number of anilines is 1. The molecule has 1 aliphatic heterocycles. The molecule has 0 radical (unpaired) electrons. The summed E-state index contributed by atoms with van der Waals surface area (Å²) in [6.07, 6.45) is 1.92. The van der Waals surface area contributed by atoms with Gasteiger partial charge in [-0.05, 0) is 53.6 Å². The van der Waals surface area contributed by atoms with E-state index in [1.54, 1.807) is 16.7 Å². The first kappa shape index (κ1) is 24.4. The van der Waals surface area contributed by atoms with Crippen molar-refractivity contribution in [2.45, 2.75) is 62.8 Å². The molecule has 0 bridgehead atoms. The van der Waals surface area contributed by atoms with Crippen LogP contribution in [0.4, 0.5) is 10.5 Å². The zero-order valence-corrected chi connectivity index (χ0v) is 21.6. The fourth-order valence-corrected chi connectivity index (χ4v) is 5.50. The second-order valence-corrected chi connectivity index (χ2v) is 11.6. The second-order valence-electron chi connectivity index (χ2n) is 10.5. The molecule has 1 unspecified atom stereocenters. The Hall–Kier alpha value is -2.73. The molecule has 5 nitrogen and oxygen atoms in total. The lowest BCUT2D eigenvalue weighted by molar-refractivity contribution is 0.0902. The van der Waals surface area contributed by atoms with Crippen molar-refractivity contribution >= 4 is 34.4 Å². The number of aromatic nitrogens is 1. The van der Waals surface area contributed by atoms with Crippen molar-refractivity contribution in [1.29, 1.82) is 0 Å². The highest BCUT2D eigenvalue weighted by Crippen LogP contribution is 2.35. The summed E-state index contributed by atoms with van der Waals surface area (Å²) < 4.78 is 0. The second kappa shape index (κ2) is 9.87. The number of fused-ring (bicyclic) bond motifs is 1. The number of carbonyl (C=O) groups is 1. The third-order valence-electron chi connectivity index (χ3n) is 6.64. The number of benzene rings is 2. The summed E-state index contributed by atoms with van der Waals surface area (Å²) in [5, 5.41) is 11.0. The van der Waals surface area contributed by atoms with Crippen molar-refractivity contribution in [1.82, 2.24) is 9.88 Å². The van der Waals surface area contributed by atoms with Crippen molar-refractivity contribution < 1.29 is 9.90 Å². The number of nitrogens with zero attached hydrogens (tertiary/aromatic N) is 3. The molecule has 180 valence electrons. The Morgan fingerprint density at radius 1 is 1.09 bits per heavy atom. The Bertz CT molecular complexity index is 1150. The van der Waals surface area contributed by atoms with Gasteiger partial charge in [0.1, 0.15) is 0 Å². The summed E-state index contributed by atoms with van der Waals surface area (Å²) in [4.78, 5) is 23.0. The molecular weight excluding hydrogens is 442 g/mol. The molecule has 1 N–H and O–H groups in total. The molecule has 4 rings (SSSR count). The molecule has 1 atom stereocenters. The zero-order chi connectivity index (χ0) is 24.5. The average Bonchev–Trinajstić information content (AvgIpc) is 3.02. The van der Waals surface area contributed by atoms with Crippen LogP contribution in [-0.4, -0.2) is 46.8 Å². The first-order valence-corrected chi connectivity index (χ1v) is 12.9. The van der Waals surface area contributed by atoms with Crippen molar-refractivity contribution in [3.8, 4) is 0 Å². The van der Waals surface area contributed by atoms with E-state index >= 15 is 0 Å². The maximum atomic E-state index is 12.0. The van der Waals surface area contributed by atoms with E-state index in [0.717, 1.165) is 34.5 Å². The smallest absolute Gasteiger partial charge is 0.407 e. The lowest BCUT2D eigenvalue weighted by atomic mass is 9.85. The molecule has 0 spiro atoms. The predicted molar refractivity (Wildman–Crippen MR) is 141 cm³/mol. The molecule has 2 aromatic carbocycles. The van der Waals surface area contributed by atoms with Gasteiger partial charge < -0.3 is 14.9 Å². The van der Waals surface area contributed by atoms with Crippen molar-refractivity contribution in [2.24, 2.45) is 5.41 Å². The minimum atomic E-state index is -0.830. The first-order valence-electron chi connectivity index (χ1n) is 12.0. The van der Waals surface area contributed by atoms with Crippen LogP contribution >= 0.6 is 11.8 Å². The van der Waals surface area contributed by atoms with Gasteiger partial charge in [-0.2, -0.15) is 0 Å². The highest BCUT2D eigenvalue weighted by molar-refractivity contribution is 7.99. The molecule has 1 aromatic heterocycles. The molecule has 34 heavy (non-hydrogen) atoms. The van der Waals surface area contributed by atoms with E-state index < -0.39 is 6.09 Å². The van der Waals surface area contributed by atoms with Gasteiger partial charge in [-0.3, -0.25) is 4.98 Å². The number of hydrogen-bond acceptors (Lipinski definition) is 4. The van der Waals surface area contributed by atoms with E-state index in [1.807, 2.05) is 18.3 Å². The van der Waals surface area contributed by atoms with Gasteiger partial charge in [-0.1, -0.05) is 64.6 Å². The largest absolute Gasteiger partial charge is 0.465 e. The van der Waals surface area contributed by atoms with E-state index in [2.05, 4.69) is 75.9 Å². The van der Waals surface area contributed by atoms with Gasteiger partial charge in [0.2, 0.25) is 0 Å². The molecule has 2 heterocycles. The molecule has 1 amide bonds. The maximum Gasteiger partial charge on any atom is 0.407 e. The van der Waals surface area contributed by atoms with Crippen LogP contribution in [0.25, 0.3) is 10.9 Å². The van der Waals surface area contributed by atoms with E-state index in [0.29, 0.717) is 19.0 Å². The summed E-state index contributed by atoms with van der Waals surface area (Å²) >= 11 is 1.72. The number of pyridine rings is 1. The van der Waals surface area contributed by atoms with Crippen molar-refractivity contribution in [3.05, 3.63) is 60.3 Å². The molecule has 0 aliphatic carbocycles. The van der Waals surface area contributed by atoms with Crippen LogP contribution in [0.2, 0.25) is 0 Å². The molecule has 1 saturated heterocycles. The molecule has 0 saturated carbocycles. The molecule has 3 aromatic rings. The lowest BCUT2D eigenvalue weighted by Crippen LogP contribution is -2.51. The minimum absolute atomic E-state index is 0.0901. The topological polar surface area (TPSA) is 56.7 Å². The summed E-state index contributed by atoms with van der Waals surface area (Å²) in [6.45, 7) is 12.8. The molecule has 6 heteroatoms. The fraction of sp³-hybridized carbons (Fsp3) is 0.429. The van der Waals surface area contributed by atoms with Gasteiger partial charge >= 0.3 is 6.09 Å². The van der Waals surface area contributed by atoms with Crippen LogP contribution in [-0.2, 0) is 0 Å². The third-order valence-corrected chi connectivity index (χ3v) is 7.61. The zero-order valence-electron chi connectivity index (χ0n) is 20.8. The summed E-state index contributed by atoms with van der Waals surface area (Å²) in [5.74, 6) is 0.520. The van der Waals surface area contributed by atoms with Gasteiger partial charge in [0.15, 0.2) is 0 Å². The Morgan fingerprint density at radius 2 is 1.82 bits per heavy atom. The number of carboxylic acid groups (broad SMARTS) is 1. The van der Waals surface area contributed by atoms with Crippen LogP contribution in [0, 0.1) is 5.41 Å². The Kier molecular flexibility index (Phi) is 7.08. The summed E-state index contributed by atoms with van der Waals surface area (Å²) in [6, 6.07) is 17.1. The van der Waals surface area contributed by atoms with Gasteiger partial charge in [0.25, 0.3) is 0 Å². The van der Waals surface area contributed by atoms with E-state index in [9.17, 15) is 9.90 Å². The highest BCUT2D eigenvalue weighted by Gasteiger charge is 2.36. The monoisotopic (exact) mass is 477 g/mol. The number of rotatable bonds is 4. The minimum Gasteiger partial charge on any atom is -0.465 e. The lowest BCUT2D eigenvalue weighted by Gasteiger charge is -2.39. The highest BCUT2D eigenvalue weighted by atomic mass is 32.2. The van der Waals surface area contributed by atoms with Crippen LogP contribution in [0.5, 0.6) is 0 Å². The maximum absolute atomic E-state index is 12.0. The standard InChI is InChI=1S/C28H35N3O2S/c1-19(2)20-10-12-21(13-11-20)34-22-16-23-24(29-17-22)8-6-9-25(23)30-14-7-15-31(27(32)33)26(18-30)28(3,4)5/h6,8-13,16-17,19,26H,7,14-15,18H2,1-5H3,(H,32,33). The van der Waals surface area contributed by atoms with Gasteiger partial charge in [0.05, 0.1) is 11.6 Å². The average molecular weight is 478 g/mol. The van der Waals surface area contributed by atoms with Gasteiger partial charge in [0, 0.05) is 46.7 Å². The SMILES string of the molecule is CC(C)c1ccc(Sc2cnc3cccc(N4CCCN(C(=O)O)C(C(C)(C)C)C4)c3c2)cc1. The van der Waals surface area contributed by atoms with Gasteiger partial charge in [-0.15, -0.1) is 0 Å². The first-order chi connectivity index (χ1) is 16.1. The summed E-state index contributed by atoms with van der Waals surface area (Å²) in [5.41, 5.74) is 3.27. The third kappa shape index (κ3) is 5.33. The Labute approximate surface area is 207 Å². The van der Waals surface area contributed by atoms with Crippen LogP contribution in [0.15, 0.2) is 64.5 Å². The normalized spacial score (nSPS) is 17.3. The molecular formula is C28H35N3O2S. The van der Waals surface area contributed by atoms with Crippen molar-refractivity contribution in [3.63, 3.8) is 0 Å². The number of amides is 1. The Morgan fingerprint density at radius 3 is 2.47 bits per heavy atom. The quantitative estimate of drug-likeness (QED) is 0.434. The van der Waals surface area contributed by atoms with Crippen LogP contribution < -0.4 is 4.90 Å².